The van der Waals surface area contributed by atoms with E-state index in [4.69, 9.17) is 0 Å². The summed E-state index contributed by atoms with van der Waals surface area (Å²) in [4.78, 5) is 36.9. The number of nitro benzene ring substituents is 4. The zero-order valence-corrected chi connectivity index (χ0v) is 15.2. The predicted octanol–water partition coefficient (Wildman–Crippen LogP) is -1.38. The lowest BCUT2D eigenvalue weighted by Crippen LogP contribution is -2.64. The minimum absolute atomic E-state index is 0.780. The number of quaternary nitrogens is 2. The van der Waals surface area contributed by atoms with Crippen LogP contribution in [0.25, 0.3) is 0 Å². The first-order chi connectivity index (χ1) is 14.0. The van der Waals surface area contributed by atoms with Crippen LogP contribution in [0.2, 0.25) is 0 Å². The van der Waals surface area contributed by atoms with Gasteiger partial charge in [0.25, 0.3) is 0 Å². The number of benzene rings is 2. The van der Waals surface area contributed by atoms with E-state index in [1.807, 2.05) is 0 Å². The van der Waals surface area contributed by atoms with E-state index in [9.17, 15) is 50.7 Å². The van der Waals surface area contributed by atoms with Crippen LogP contribution in [-0.2, 0) is 0 Å². The topological polar surface area (TPSA) is 274 Å². The molecule has 2 aromatic carbocycles. The van der Waals surface area contributed by atoms with Gasteiger partial charge in [-0.3, -0.25) is 40.5 Å². The average Bonchev–Trinajstić information content (AvgIpc) is 2.67. The molecule has 0 atom stereocenters. The molecule has 16 nitrogen and oxygen atoms in total. The van der Waals surface area contributed by atoms with Crippen LogP contribution in [0, 0.1) is 40.5 Å². The van der Waals surface area contributed by atoms with E-state index in [1.165, 1.54) is 0 Å². The van der Waals surface area contributed by atoms with Crippen molar-refractivity contribution in [3.63, 3.8) is 0 Å². The Morgan fingerprint density at radius 3 is 1.07 bits per heavy atom. The molecule has 0 aliphatic carbocycles. The van der Waals surface area contributed by atoms with Crippen molar-refractivity contribution in [3.05, 3.63) is 76.9 Å². The zero-order chi connectivity index (χ0) is 23.4. The van der Waals surface area contributed by atoms with E-state index in [1.54, 1.807) is 0 Å². The van der Waals surface area contributed by atoms with Gasteiger partial charge in [0.1, 0.15) is 13.1 Å². The highest BCUT2D eigenvalue weighted by molar-refractivity contribution is 5.60. The van der Waals surface area contributed by atoms with E-state index in [-0.39, 0.29) is 0 Å². The Bertz CT molecular complexity index is 860. The summed E-state index contributed by atoms with van der Waals surface area (Å²) in [7, 11) is 0. The number of para-hydroxylation sites is 2. The van der Waals surface area contributed by atoms with Gasteiger partial charge in [-0.25, -0.2) is 0 Å². The normalized spacial score (nSPS) is 9.27. The molecule has 162 valence electrons. The van der Waals surface area contributed by atoms with Gasteiger partial charge in [0.15, 0.2) is 0 Å². The number of rotatable bonds is 5. The minimum Gasteiger partial charge on any atom is -0.868 e. The van der Waals surface area contributed by atoms with Crippen LogP contribution in [0.4, 0.5) is 22.7 Å². The standard InChI is InChI=1S/2C6H4N2O5.C2H8N2/c2*9-5-3-1-2-4(7(10)11)6(5)8(12)13;3-1-2-4/h2*1-3,9H;1-4H2. The number of nitrogens with zero attached hydrogens (tertiary/aromatic N) is 4. The molecule has 0 heterocycles. The summed E-state index contributed by atoms with van der Waals surface area (Å²) in [5.74, 6) is -1.92. The maximum atomic E-state index is 10.8. The SMILES string of the molecule is O=[N+]([O-])c1cccc([O-])c1[N+](=O)[O-].O=[N+]([O-])c1cccc([O-])c1[N+](=O)[O-].[NH3+]CC[NH3+]. The molecule has 2 aromatic rings. The highest BCUT2D eigenvalue weighted by atomic mass is 16.6. The molecule has 0 unspecified atom stereocenters. The van der Waals surface area contributed by atoms with Crippen molar-refractivity contribution < 1.29 is 41.4 Å². The molecule has 0 aliphatic heterocycles. The van der Waals surface area contributed by atoms with E-state index in [0.717, 1.165) is 49.5 Å². The lowest BCUT2D eigenvalue weighted by atomic mass is 10.2. The van der Waals surface area contributed by atoms with Crippen LogP contribution >= 0.6 is 0 Å². The third-order valence-corrected chi connectivity index (χ3v) is 2.96. The number of nitro groups is 4. The van der Waals surface area contributed by atoms with E-state index >= 15 is 0 Å². The van der Waals surface area contributed by atoms with E-state index < -0.39 is 53.9 Å². The Morgan fingerprint density at radius 2 is 0.900 bits per heavy atom. The quantitative estimate of drug-likeness (QED) is 0.415. The fourth-order valence-corrected chi connectivity index (χ4v) is 1.68. The van der Waals surface area contributed by atoms with Crippen molar-refractivity contribution in [1.82, 2.24) is 0 Å². The second kappa shape index (κ2) is 12.1. The van der Waals surface area contributed by atoms with Crippen molar-refractivity contribution in [1.29, 1.82) is 0 Å². The fourth-order valence-electron chi connectivity index (χ4n) is 1.68. The number of hydrogen-bond donors (Lipinski definition) is 2. The van der Waals surface area contributed by atoms with Crippen molar-refractivity contribution in [2.75, 3.05) is 13.1 Å². The molecule has 0 amide bonds. The predicted molar refractivity (Wildman–Crippen MR) is 93.9 cm³/mol. The van der Waals surface area contributed by atoms with Crippen LogP contribution in [0.5, 0.6) is 11.5 Å². The molecule has 2 rings (SSSR count). The van der Waals surface area contributed by atoms with Gasteiger partial charge >= 0.3 is 22.7 Å². The van der Waals surface area contributed by atoms with Crippen LogP contribution < -0.4 is 21.7 Å². The Kier molecular flexibility index (Phi) is 10.3. The maximum Gasteiger partial charge on any atom is 0.345 e. The molecule has 0 aromatic heterocycles. The monoisotopic (exact) mass is 428 g/mol. The Hall–Kier alpha value is -4.44. The summed E-state index contributed by atoms with van der Waals surface area (Å²) in [5.41, 5.74) is 3.54. The number of hydrogen-bond acceptors (Lipinski definition) is 10. The van der Waals surface area contributed by atoms with Crippen molar-refractivity contribution in [3.8, 4) is 11.5 Å². The summed E-state index contributed by atoms with van der Waals surface area (Å²) in [6, 6.07) is 5.86. The Balaban J connectivity index is 0.000000477. The fraction of sp³-hybridized carbons (Fsp3) is 0.143. The first-order valence-electron chi connectivity index (χ1n) is 7.75. The van der Waals surface area contributed by atoms with Gasteiger partial charge in [-0.2, -0.15) is 0 Å². The third-order valence-electron chi connectivity index (χ3n) is 2.96. The van der Waals surface area contributed by atoms with Gasteiger partial charge in [-0.15, -0.1) is 0 Å². The van der Waals surface area contributed by atoms with Gasteiger partial charge in [-0.05, 0) is 11.5 Å². The van der Waals surface area contributed by atoms with Crippen LogP contribution in [0.1, 0.15) is 0 Å². The maximum absolute atomic E-state index is 10.8. The molecule has 6 N–H and O–H groups in total. The van der Waals surface area contributed by atoms with Gasteiger partial charge in [-0.1, -0.05) is 24.3 Å². The molecule has 0 radical (unpaired) electrons. The van der Waals surface area contributed by atoms with E-state index in [0.29, 0.717) is 0 Å². The van der Waals surface area contributed by atoms with Gasteiger partial charge in [0, 0.05) is 12.1 Å². The summed E-state index contributed by atoms with van der Waals surface area (Å²) in [6.07, 6.45) is 0. The molecule has 0 saturated carbocycles. The molecule has 30 heavy (non-hydrogen) atoms. The summed E-state index contributed by atoms with van der Waals surface area (Å²) < 4.78 is 0. The summed E-state index contributed by atoms with van der Waals surface area (Å²) in [5, 5.41) is 62.7. The van der Waals surface area contributed by atoms with Gasteiger partial charge in [0.05, 0.1) is 19.7 Å². The molecule has 0 saturated heterocycles. The second-order valence-electron chi connectivity index (χ2n) is 4.98. The minimum atomic E-state index is -1.06. The summed E-state index contributed by atoms with van der Waals surface area (Å²) in [6.45, 7) is 1.92. The van der Waals surface area contributed by atoms with Crippen LogP contribution in [-0.4, -0.2) is 32.8 Å². The molecular formula is C14H16N6O10. The zero-order valence-electron chi connectivity index (χ0n) is 15.2. The average molecular weight is 428 g/mol. The molecule has 0 bridgehead atoms. The summed E-state index contributed by atoms with van der Waals surface area (Å²) >= 11 is 0. The highest BCUT2D eigenvalue weighted by Crippen LogP contribution is 2.33. The smallest absolute Gasteiger partial charge is 0.345 e. The Labute approximate surface area is 166 Å². The largest absolute Gasteiger partial charge is 0.868 e. The van der Waals surface area contributed by atoms with Crippen molar-refractivity contribution in [2.45, 2.75) is 0 Å². The second-order valence-corrected chi connectivity index (χ2v) is 4.98. The lowest BCUT2D eigenvalue weighted by molar-refractivity contribution is -0.453. The van der Waals surface area contributed by atoms with Gasteiger partial charge in [0.2, 0.25) is 0 Å². The van der Waals surface area contributed by atoms with Crippen LogP contribution in [0.15, 0.2) is 36.4 Å². The highest BCUT2D eigenvalue weighted by Gasteiger charge is 2.24. The van der Waals surface area contributed by atoms with Gasteiger partial charge < -0.3 is 21.7 Å². The van der Waals surface area contributed by atoms with E-state index in [2.05, 4.69) is 11.5 Å². The lowest BCUT2D eigenvalue weighted by Gasteiger charge is -2.04. The first kappa shape index (κ1) is 25.6. The van der Waals surface area contributed by atoms with Crippen LogP contribution in [0.3, 0.4) is 0 Å². The molecule has 16 heteroatoms. The first-order valence-corrected chi connectivity index (χ1v) is 7.75. The molecular weight excluding hydrogens is 412 g/mol. The van der Waals surface area contributed by atoms with Crippen molar-refractivity contribution in [2.24, 2.45) is 0 Å². The molecule has 0 fully saturated rings. The molecule has 0 aliphatic rings. The third kappa shape index (κ3) is 7.29. The molecule has 0 spiro atoms. The Morgan fingerprint density at radius 1 is 0.600 bits per heavy atom. The van der Waals surface area contributed by atoms with Crippen molar-refractivity contribution >= 4 is 22.7 Å².